The Morgan fingerprint density at radius 3 is 2.54 bits per heavy atom. The third-order valence-electron chi connectivity index (χ3n) is 1.58. The van der Waals surface area contributed by atoms with E-state index in [2.05, 4.69) is 5.32 Å². The third-order valence-corrected chi connectivity index (χ3v) is 1.58. The van der Waals surface area contributed by atoms with Crippen molar-refractivity contribution in [2.24, 2.45) is 0 Å². The Bertz CT molecular complexity index is 239. The van der Waals surface area contributed by atoms with Crippen LogP contribution in [0.3, 0.4) is 0 Å². The van der Waals surface area contributed by atoms with Crippen LogP contribution in [0.1, 0.15) is 0 Å². The first-order valence-corrected chi connectivity index (χ1v) is 3.55. The molecule has 0 saturated carbocycles. The topological polar surface area (TPSA) is 49.4 Å². The van der Waals surface area contributed by atoms with E-state index in [9.17, 15) is 22.8 Å². The Morgan fingerprint density at radius 2 is 2.08 bits per heavy atom. The molecule has 1 fully saturated rings. The Balaban J connectivity index is 2.70. The predicted molar refractivity (Wildman–Crippen MR) is 35.6 cm³/mol. The number of nitrogens with one attached hydrogen (secondary N) is 1. The summed E-state index contributed by atoms with van der Waals surface area (Å²) in [5.41, 5.74) is 0. The molecule has 0 unspecified atom stereocenters. The van der Waals surface area contributed by atoms with Gasteiger partial charge in [-0.1, -0.05) is 0 Å². The number of hydrogen-bond acceptors (Lipinski definition) is 3. The van der Waals surface area contributed by atoms with Crippen molar-refractivity contribution in [3.05, 3.63) is 0 Å². The quantitative estimate of drug-likeness (QED) is 0.568. The molecule has 0 aromatic rings. The van der Waals surface area contributed by atoms with Crippen molar-refractivity contribution in [2.75, 3.05) is 19.6 Å². The molecule has 0 aromatic carbocycles. The summed E-state index contributed by atoms with van der Waals surface area (Å²) in [5, 5.41) is 2.56. The second kappa shape index (κ2) is 3.33. The van der Waals surface area contributed by atoms with E-state index < -0.39 is 18.0 Å². The molecule has 4 nitrogen and oxygen atoms in total. The number of halogens is 3. The van der Waals surface area contributed by atoms with E-state index >= 15 is 0 Å². The van der Waals surface area contributed by atoms with Crippen molar-refractivity contribution in [1.29, 1.82) is 0 Å². The standard InChI is InChI=1S/C6H7F3N2O2/c7-6(8,9)5(13)11-2-1-10-3-4(11)12/h10H,1-3H2. The van der Waals surface area contributed by atoms with Gasteiger partial charge in [-0.3, -0.25) is 14.5 Å². The van der Waals surface area contributed by atoms with E-state index in [0.717, 1.165) is 0 Å². The lowest BCUT2D eigenvalue weighted by Crippen LogP contribution is -2.54. The molecule has 1 aliphatic heterocycles. The SMILES string of the molecule is O=C1CNCCN1C(=O)C(F)(F)F. The maximum absolute atomic E-state index is 11.8. The Hall–Kier alpha value is -1.11. The average Bonchev–Trinajstić information content (AvgIpc) is 2.02. The van der Waals surface area contributed by atoms with Crippen LogP contribution in [-0.2, 0) is 9.59 Å². The normalized spacial score (nSPS) is 19.0. The Labute approximate surface area is 71.7 Å². The van der Waals surface area contributed by atoms with Gasteiger partial charge in [0.05, 0.1) is 6.54 Å². The molecule has 0 radical (unpaired) electrons. The van der Waals surface area contributed by atoms with E-state index in [1.165, 1.54) is 0 Å². The zero-order valence-corrected chi connectivity index (χ0v) is 6.52. The fourth-order valence-corrected chi connectivity index (χ4v) is 0.974. The Morgan fingerprint density at radius 1 is 1.46 bits per heavy atom. The largest absolute Gasteiger partial charge is 0.471 e. The van der Waals surface area contributed by atoms with E-state index in [1.54, 1.807) is 0 Å². The smallest absolute Gasteiger partial charge is 0.307 e. The lowest BCUT2D eigenvalue weighted by atomic mass is 10.3. The van der Waals surface area contributed by atoms with Gasteiger partial charge in [-0.2, -0.15) is 13.2 Å². The van der Waals surface area contributed by atoms with E-state index in [0.29, 0.717) is 0 Å². The van der Waals surface area contributed by atoms with Gasteiger partial charge in [0.25, 0.3) is 0 Å². The van der Waals surface area contributed by atoms with Gasteiger partial charge in [0.15, 0.2) is 0 Å². The van der Waals surface area contributed by atoms with Crippen LogP contribution >= 0.6 is 0 Å². The van der Waals surface area contributed by atoms with Gasteiger partial charge in [0.1, 0.15) is 0 Å². The molecule has 0 aromatic heterocycles. The number of imide groups is 1. The zero-order valence-electron chi connectivity index (χ0n) is 6.52. The lowest BCUT2D eigenvalue weighted by Gasteiger charge is -2.25. The van der Waals surface area contributed by atoms with Crippen molar-refractivity contribution in [1.82, 2.24) is 10.2 Å². The molecule has 1 rings (SSSR count). The molecule has 1 N–H and O–H groups in total. The number of nitrogens with zero attached hydrogens (tertiary/aromatic N) is 1. The number of carbonyl (C=O) groups excluding carboxylic acids is 2. The van der Waals surface area contributed by atoms with Crippen LogP contribution in [0.15, 0.2) is 0 Å². The molecule has 0 bridgehead atoms. The number of alkyl halides is 3. The minimum Gasteiger partial charge on any atom is -0.307 e. The second-order valence-corrected chi connectivity index (χ2v) is 2.53. The molecule has 1 aliphatic rings. The number of carbonyl (C=O) groups is 2. The van der Waals surface area contributed by atoms with Crippen LogP contribution in [0.4, 0.5) is 13.2 Å². The predicted octanol–water partition coefficient (Wildman–Crippen LogP) is -0.493. The van der Waals surface area contributed by atoms with Crippen LogP contribution in [0.25, 0.3) is 0 Å². The number of amides is 2. The van der Waals surface area contributed by atoms with Crippen molar-refractivity contribution in [3.63, 3.8) is 0 Å². The van der Waals surface area contributed by atoms with E-state index in [1.807, 2.05) is 0 Å². The second-order valence-electron chi connectivity index (χ2n) is 2.53. The highest BCUT2D eigenvalue weighted by Gasteiger charge is 2.45. The first-order chi connectivity index (χ1) is 5.93. The van der Waals surface area contributed by atoms with Crippen LogP contribution in [0.5, 0.6) is 0 Å². The summed E-state index contributed by atoms with van der Waals surface area (Å²) in [5.74, 6) is -2.92. The third kappa shape index (κ3) is 2.18. The molecule has 7 heteroatoms. The summed E-state index contributed by atoms with van der Waals surface area (Å²) < 4.78 is 35.5. The van der Waals surface area contributed by atoms with Crippen molar-refractivity contribution in [2.45, 2.75) is 6.18 Å². The molecule has 2 amide bonds. The fourth-order valence-electron chi connectivity index (χ4n) is 0.974. The molecule has 74 valence electrons. The van der Waals surface area contributed by atoms with Crippen molar-refractivity contribution < 1.29 is 22.8 Å². The minimum absolute atomic E-state index is 0.202. The van der Waals surface area contributed by atoms with Gasteiger partial charge in [-0.15, -0.1) is 0 Å². The first-order valence-electron chi connectivity index (χ1n) is 3.55. The van der Waals surface area contributed by atoms with Gasteiger partial charge in [0, 0.05) is 13.1 Å². The summed E-state index contributed by atoms with van der Waals surface area (Å²) in [6.45, 7) is -0.243. The molecular formula is C6H7F3N2O2. The van der Waals surface area contributed by atoms with E-state index in [-0.39, 0.29) is 24.5 Å². The van der Waals surface area contributed by atoms with E-state index in [4.69, 9.17) is 0 Å². The molecule has 0 spiro atoms. The lowest BCUT2D eigenvalue weighted by molar-refractivity contribution is -0.188. The Kier molecular flexibility index (Phi) is 2.55. The fraction of sp³-hybridized carbons (Fsp3) is 0.667. The maximum Gasteiger partial charge on any atom is 0.471 e. The highest BCUT2D eigenvalue weighted by Crippen LogP contribution is 2.18. The van der Waals surface area contributed by atoms with Crippen molar-refractivity contribution >= 4 is 11.8 Å². The summed E-state index contributed by atoms with van der Waals surface area (Å²) in [4.78, 5) is 21.6. The zero-order chi connectivity index (χ0) is 10.1. The van der Waals surface area contributed by atoms with Gasteiger partial charge in [-0.25, -0.2) is 0 Å². The number of piperazine rings is 1. The highest BCUT2D eigenvalue weighted by molar-refractivity contribution is 5.99. The molecule has 0 aliphatic carbocycles. The molecule has 1 heterocycles. The van der Waals surface area contributed by atoms with Crippen LogP contribution in [0.2, 0.25) is 0 Å². The highest BCUT2D eigenvalue weighted by atomic mass is 19.4. The van der Waals surface area contributed by atoms with Gasteiger partial charge in [-0.05, 0) is 0 Å². The molecule has 1 saturated heterocycles. The van der Waals surface area contributed by atoms with Gasteiger partial charge < -0.3 is 5.32 Å². The molecular weight excluding hydrogens is 189 g/mol. The summed E-state index contributed by atoms with van der Waals surface area (Å²) in [6.07, 6.45) is -4.97. The summed E-state index contributed by atoms with van der Waals surface area (Å²) in [6, 6.07) is 0. The summed E-state index contributed by atoms with van der Waals surface area (Å²) >= 11 is 0. The van der Waals surface area contributed by atoms with Crippen LogP contribution in [0, 0.1) is 0 Å². The molecule has 13 heavy (non-hydrogen) atoms. The minimum atomic E-state index is -4.97. The van der Waals surface area contributed by atoms with Crippen LogP contribution in [-0.4, -0.2) is 42.5 Å². The molecule has 0 atom stereocenters. The monoisotopic (exact) mass is 196 g/mol. The summed E-state index contributed by atoms with van der Waals surface area (Å²) in [7, 11) is 0. The van der Waals surface area contributed by atoms with Gasteiger partial charge in [0.2, 0.25) is 5.91 Å². The average molecular weight is 196 g/mol. The van der Waals surface area contributed by atoms with Gasteiger partial charge >= 0.3 is 12.1 Å². The van der Waals surface area contributed by atoms with Crippen LogP contribution < -0.4 is 5.32 Å². The number of rotatable bonds is 0. The first kappa shape index (κ1) is 9.97. The maximum atomic E-state index is 11.8. The van der Waals surface area contributed by atoms with Crippen molar-refractivity contribution in [3.8, 4) is 0 Å². The number of hydrogen-bond donors (Lipinski definition) is 1.